The molecule has 0 aliphatic carbocycles. The molecule has 0 heterocycles. The van der Waals surface area contributed by atoms with Crippen LogP contribution in [0.3, 0.4) is 0 Å². The van der Waals surface area contributed by atoms with Crippen molar-refractivity contribution < 1.29 is 19.4 Å². The second kappa shape index (κ2) is 6.80. The number of carboxylic acids is 1. The van der Waals surface area contributed by atoms with Crippen molar-refractivity contribution in [1.82, 2.24) is 0 Å². The Morgan fingerprint density at radius 1 is 1.40 bits per heavy atom. The maximum atomic E-state index is 11.0. The fraction of sp³-hybridized carbons (Fsp3) is 0.909. The van der Waals surface area contributed by atoms with Crippen LogP contribution in [0.4, 0.5) is 0 Å². The Labute approximate surface area is 91.6 Å². The van der Waals surface area contributed by atoms with E-state index in [-0.39, 0.29) is 0 Å². The second-order valence-corrected chi connectivity index (χ2v) is 4.31. The molecule has 0 radical (unpaired) electrons. The summed E-state index contributed by atoms with van der Waals surface area (Å²) in [7, 11) is 1.55. The van der Waals surface area contributed by atoms with Crippen molar-refractivity contribution in [3.63, 3.8) is 0 Å². The summed E-state index contributed by atoms with van der Waals surface area (Å²) < 4.78 is 10.3. The van der Waals surface area contributed by atoms with Crippen molar-refractivity contribution >= 4 is 5.97 Å². The van der Waals surface area contributed by atoms with E-state index in [0.717, 1.165) is 6.42 Å². The minimum absolute atomic E-state index is 0.372. The number of hydrogen-bond acceptors (Lipinski definition) is 3. The Morgan fingerprint density at radius 2 is 2.00 bits per heavy atom. The zero-order valence-electron chi connectivity index (χ0n) is 10.1. The number of carbonyl (C=O) groups is 1. The zero-order chi connectivity index (χ0) is 11.9. The quantitative estimate of drug-likeness (QED) is 0.676. The topological polar surface area (TPSA) is 55.8 Å². The summed E-state index contributed by atoms with van der Waals surface area (Å²) in [5.74, 6) is -0.409. The SMILES string of the molecule is COCCC(C)(OCCC(C)C)C(=O)O. The van der Waals surface area contributed by atoms with Gasteiger partial charge in [0.15, 0.2) is 5.60 Å². The highest BCUT2D eigenvalue weighted by Crippen LogP contribution is 2.17. The number of rotatable bonds is 8. The Morgan fingerprint density at radius 3 is 2.40 bits per heavy atom. The third-order valence-electron chi connectivity index (χ3n) is 2.35. The monoisotopic (exact) mass is 218 g/mol. The lowest BCUT2D eigenvalue weighted by atomic mass is 10.0. The molecule has 0 fully saturated rings. The van der Waals surface area contributed by atoms with Crippen LogP contribution in [0, 0.1) is 5.92 Å². The first-order valence-corrected chi connectivity index (χ1v) is 5.28. The summed E-state index contributed by atoms with van der Waals surface area (Å²) in [4.78, 5) is 11.0. The molecule has 0 amide bonds. The van der Waals surface area contributed by atoms with E-state index in [4.69, 9.17) is 14.6 Å². The van der Waals surface area contributed by atoms with E-state index in [2.05, 4.69) is 13.8 Å². The van der Waals surface area contributed by atoms with Crippen LogP contribution in [0.15, 0.2) is 0 Å². The number of carboxylic acid groups (broad SMARTS) is 1. The Bertz CT molecular complexity index is 191. The number of aliphatic carboxylic acids is 1. The first-order valence-electron chi connectivity index (χ1n) is 5.28. The molecule has 0 saturated carbocycles. The molecule has 90 valence electrons. The minimum Gasteiger partial charge on any atom is -0.479 e. The van der Waals surface area contributed by atoms with Gasteiger partial charge in [-0.15, -0.1) is 0 Å². The molecule has 0 saturated heterocycles. The largest absolute Gasteiger partial charge is 0.479 e. The fourth-order valence-corrected chi connectivity index (χ4v) is 1.06. The lowest BCUT2D eigenvalue weighted by Gasteiger charge is -2.25. The van der Waals surface area contributed by atoms with Crippen LogP contribution < -0.4 is 0 Å². The van der Waals surface area contributed by atoms with Crippen molar-refractivity contribution in [2.45, 2.75) is 39.2 Å². The van der Waals surface area contributed by atoms with Gasteiger partial charge in [-0.1, -0.05) is 13.8 Å². The van der Waals surface area contributed by atoms with Crippen LogP contribution in [0.5, 0.6) is 0 Å². The summed E-state index contributed by atoms with van der Waals surface area (Å²) in [6, 6.07) is 0. The number of methoxy groups -OCH3 is 1. The number of ether oxygens (including phenoxy) is 2. The maximum absolute atomic E-state index is 11.0. The second-order valence-electron chi connectivity index (χ2n) is 4.31. The van der Waals surface area contributed by atoms with Crippen LogP contribution in [0.1, 0.15) is 33.6 Å². The number of hydrogen-bond donors (Lipinski definition) is 1. The van der Waals surface area contributed by atoms with E-state index < -0.39 is 11.6 Å². The molecule has 0 aliphatic rings. The Balaban J connectivity index is 4.07. The van der Waals surface area contributed by atoms with Crippen LogP contribution in [-0.2, 0) is 14.3 Å². The van der Waals surface area contributed by atoms with Crippen molar-refractivity contribution in [1.29, 1.82) is 0 Å². The zero-order valence-corrected chi connectivity index (χ0v) is 10.1. The summed E-state index contributed by atoms with van der Waals surface area (Å²) in [6.07, 6.45) is 1.24. The van der Waals surface area contributed by atoms with E-state index in [1.54, 1.807) is 14.0 Å². The van der Waals surface area contributed by atoms with Crippen LogP contribution in [-0.4, -0.2) is 37.0 Å². The molecule has 0 bridgehead atoms. The van der Waals surface area contributed by atoms with Gasteiger partial charge < -0.3 is 14.6 Å². The average Bonchev–Trinajstić information content (AvgIpc) is 2.14. The molecule has 0 aromatic heterocycles. The lowest BCUT2D eigenvalue weighted by molar-refractivity contribution is -0.166. The highest BCUT2D eigenvalue weighted by molar-refractivity contribution is 5.76. The van der Waals surface area contributed by atoms with Crippen LogP contribution in [0.25, 0.3) is 0 Å². The predicted octanol–water partition coefficient (Wildman–Crippen LogP) is 1.93. The predicted molar refractivity (Wildman–Crippen MR) is 57.9 cm³/mol. The molecular formula is C11H22O4. The van der Waals surface area contributed by atoms with Crippen LogP contribution in [0.2, 0.25) is 0 Å². The van der Waals surface area contributed by atoms with E-state index in [9.17, 15) is 4.79 Å². The van der Waals surface area contributed by atoms with Crippen molar-refractivity contribution in [2.75, 3.05) is 20.3 Å². The molecule has 0 spiro atoms. The smallest absolute Gasteiger partial charge is 0.335 e. The molecule has 0 aromatic rings. The Hall–Kier alpha value is -0.610. The fourth-order valence-electron chi connectivity index (χ4n) is 1.06. The van der Waals surface area contributed by atoms with Gasteiger partial charge in [-0.2, -0.15) is 0 Å². The molecule has 4 heteroatoms. The maximum Gasteiger partial charge on any atom is 0.335 e. The highest BCUT2D eigenvalue weighted by Gasteiger charge is 2.33. The van der Waals surface area contributed by atoms with Gasteiger partial charge in [0, 0.05) is 26.7 Å². The van der Waals surface area contributed by atoms with Gasteiger partial charge in [-0.3, -0.25) is 0 Å². The minimum atomic E-state index is -1.12. The summed E-state index contributed by atoms with van der Waals surface area (Å²) >= 11 is 0. The third-order valence-corrected chi connectivity index (χ3v) is 2.35. The molecule has 15 heavy (non-hydrogen) atoms. The molecule has 0 aromatic carbocycles. The van der Waals surface area contributed by atoms with E-state index >= 15 is 0 Å². The van der Waals surface area contributed by atoms with Gasteiger partial charge in [0.05, 0.1) is 0 Å². The molecule has 1 unspecified atom stereocenters. The van der Waals surface area contributed by atoms with Gasteiger partial charge in [-0.05, 0) is 19.3 Å². The van der Waals surface area contributed by atoms with E-state index in [0.29, 0.717) is 25.6 Å². The summed E-state index contributed by atoms with van der Waals surface area (Å²) in [6.45, 7) is 6.62. The molecular weight excluding hydrogens is 196 g/mol. The van der Waals surface area contributed by atoms with Gasteiger partial charge in [-0.25, -0.2) is 4.79 Å². The Kier molecular flexibility index (Phi) is 6.52. The van der Waals surface area contributed by atoms with Gasteiger partial charge in [0.25, 0.3) is 0 Å². The highest BCUT2D eigenvalue weighted by atomic mass is 16.5. The third kappa shape index (κ3) is 5.74. The average molecular weight is 218 g/mol. The molecule has 4 nitrogen and oxygen atoms in total. The normalized spacial score (nSPS) is 15.3. The van der Waals surface area contributed by atoms with Crippen molar-refractivity contribution in [3.8, 4) is 0 Å². The lowest BCUT2D eigenvalue weighted by Crippen LogP contribution is -2.40. The van der Waals surface area contributed by atoms with Gasteiger partial charge in [0.1, 0.15) is 0 Å². The van der Waals surface area contributed by atoms with Crippen molar-refractivity contribution in [2.24, 2.45) is 5.92 Å². The molecule has 0 rings (SSSR count). The first-order chi connectivity index (χ1) is 6.92. The molecule has 1 N–H and O–H groups in total. The van der Waals surface area contributed by atoms with E-state index in [1.165, 1.54) is 0 Å². The van der Waals surface area contributed by atoms with Gasteiger partial charge >= 0.3 is 5.97 Å². The summed E-state index contributed by atoms with van der Waals surface area (Å²) in [5.41, 5.74) is -1.12. The van der Waals surface area contributed by atoms with Crippen LogP contribution >= 0.6 is 0 Å². The first kappa shape index (κ1) is 14.4. The summed E-state index contributed by atoms with van der Waals surface area (Å²) in [5, 5.41) is 9.04. The van der Waals surface area contributed by atoms with Crippen molar-refractivity contribution in [3.05, 3.63) is 0 Å². The van der Waals surface area contributed by atoms with Gasteiger partial charge in [0.2, 0.25) is 0 Å². The standard InChI is InChI=1S/C11H22O4/c1-9(2)5-7-15-11(3,10(12)13)6-8-14-4/h9H,5-8H2,1-4H3,(H,12,13). The van der Waals surface area contributed by atoms with E-state index in [1.807, 2.05) is 0 Å². The molecule has 0 aliphatic heterocycles. The molecule has 1 atom stereocenters.